The summed E-state index contributed by atoms with van der Waals surface area (Å²) >= 11 is 0. The van der Waals surface area contributed by atoms with E-state index >= 15 is 0 Å². The van der Waals surface area contributed by atoms with Crippen molar-refractivity contribution in [3.63, 3.8) is 0 Å². The lowest BCUT2D eigenvalue weighted by molar-refractivity contribution is 0.668. The predicted octanol–water partition coefficient (Wildman–Crippen LogP) is 10.9. The maximum absolute atomic E-state index is 6.67. The number of benzene rings is 6. The van der Waals surface area contributed by atoms with Crippen LogP contribution < -0.4 is 0 Å². The normalized spacial score (nSPS) is 13.4. The van der Waals surface area contributed by atoms with Crippen molar-refractivity contribution in [3.8, 4) is 22.4 Å². The maximum Gasteiger partial charge on any atom is 0.143 e. The number of fused-ring (bicyclic) bond motifs is 9. The summed E-state index contributed by atoms with van der Waals surface area (Å²) in [6.07, 6.45) is 10.6. The average molecular weight is 551 g/mol. The highest BCUT2D eigenvalue weighted by Gasteiger charge is 2.17. The van der Waals surface area contributed by atoms with Crippen molar-refractivity contribution in [2.45, 2.75) is 12.8 Å². The molecule has 0 atom stereocenters. The summed E-state index contributed by atoms with van der Waals surface area (Å²) in [6.45, 7) is 0. The van der Waals surface area contributed by atoms with Gasteiger partial charge in [-0.3, -0.25) is 4.98 Å². The number of nitrogens with zero attached hydrogens (tertiary/aromatic N) is 2. The standard InChI is InChI=1S/C40H26N2O/c1-2-10-25(11-3-1)28-16-8-18-34-35-19-9-17-29(40(35)43-39(28)34)26-20-22-27(23-21-26)36-24-41-37-32-14-6-4-12-30(32)31-13-5-7-15-33(31)38(37)42-36/h1-2,4-10,12-24H,3,11H2. The summed E-state index contributed by atoms with van der Waals surface area (Å²) in [5, 5.41) is 6.96. The number of hydrogen-bond acceptors (Lipinski definition) is 3. The molecule has 0 aliphatic heterocycles. The Morgan fingerprint density at radius 3 is 1.84 bits per heavy atom. The quantitative estimate of drug-likeness (QED) is 0.205. The monoisotopic (exact) mass is 550 g/mol. The number of furan rings is 1. The van der Waals surface area contributed by atoms with Gasteiger partial charge in [0.05, 0.1) is 22.9 Å². The molecule has 43 heavy (non-hydrogen) atoms. The van der Waals surface area contributed by atoms with E-state index in [9.17, 15) is 0 Å². The molecule has 3 heteroatoms. The summed E-state index contributed by atoms with van der Waals surface area (Å²) in [5.41, 5.74) is 10.4. The highest BCUT2D eigenvalue weighted by Crippen LogP contribution is 2.40. The smallest absolute Gasteiger partial charge is 0.143 e. The number of para-hydroxylation sites is 2. The fourth-order valence-electron chi connectivity index (χ4n) is 6.71. The highest BCUT2D eigenvalue weighted by molar-refractivity contribution is 6.23. The van der Waals surface area contributed by atoms with Crippen LogP contribution >= 0.6 is 0 Å². The van der Waals surface area contributed by atoms with Crippen molar-refractivity contribution < 1.29 is 4.42 Å². The zero-order valence-electron chi connectivity index (χ0n) is 23.4. The van der Waals surface area contributed by atoms with Crippen LogP contribution in [0.25, 0.3) is 82.5 Å². The Kier molecular flexibility index (Phi) is 5.32. The lowest BCUT2D eigenvalue weighted by atomic mass is 9.95. The van der Waals surface area contributed by atoms with Gasteiger partial charge < -0.3 is 4.42 Å². The molecule has 202 valence electrons. The molecule has 2 aromatic heterocycles. The average Bonchev–Trinajstić information content (AvgIpc) is 3.48. The van der Waals surface area contributed by atoms with Crippen LogP contribution in [0.3, 0.4) is 0 Å². The van der Waals surface area contributed by atoms with Crippen LogP contribution in [0.5, 0.6) is 0 Å². The van der Waals surface area contributed by atoms with E-state index in [4.69, 9.17) is 14.4 Å². The van der Waals surface area contributed by atoms with Crippen LogP contribution in [0.2, 0.25) is 0 Å². The molecule has 0 amide bonds. The second kappa shape index (κ2) is 9.50. The molecule has 0 radical (unpaired) electrons. The summed E-state index contributed by atoms with van der Waals surface area (Å²) in [4.78, 5) is 10.1. The molecular formula is C40H26N2O. The lowest BCUT2D eigenvalue weighted by Gasteiger charge is -2.10. The van der Waals surface area contributed by atoms with E-state index in [0.29, 0.717) is 0 Å². The Labute approximate surface area is 248 Å². The molecule has 1 aliphatic carbocycles. The van der Waals surface area contributed by atoms with Crippen LogP contribution in [-0.4, -0.2) is 9.97 Å². The Balaban J connectivity index is 1.16. The van der Waals surface area contributed by atoms with Crippen LogP contribution in [0.1, 0.15) is 18.4 Å². The van der Waals surface area contributed by atoms with Gasteiger partial charge in [-0.15, -0.1) is 0 Å². The molecule has 1 aliphatic rings. The molecule has 8 aromatic rings. The van der Waals surface area contributed by atoms with Gasteiger partial charge in [-0.25, -0.2) is 4.98 Å². The van der Waals surface area contributed by atoms with Crippen LogP contribution in [0.4, 0.5) is 0 Å². The minimum absolute atomic E-state index is 0.862. The van der Waals surface area contributed by atoms with Gasteiger partial charge in [0.15, 0.2) is 0 Å². The van der Waals surface area contributed by atoms with Gasteiger partial charge in [0, 0.05) is 38.2 Å². The summed E-state index contributed by atoms with van der Waals surface area (Å²) < 4.78 is 6.67. The largest absolute Gasteiger partial charge is 0.455 e. The Morgan fingerprint density at radius 2 is 1.14 bits per heavy atom. The molecule has 0 N–H and O–H groups in total. The zero-order chi connectivity index (χ0) is 28.3. The van der Waals surface area contributed by atoms with E-state index < -0.39 is 0 Å². The molecular weight excluding hydrogens is 524 g/mol. The van der Waals surface area contributed by atoms with Gasteiger partial charge in [-0.05, 0) is 34.8 Å². The van der Waals surface area contributed by atoms with E-state index in [-0.39, 0.29) is 0 Å². The first-order valence-corrected chi connectivity index (χ1v) is 14.8. The minimum atomic E-state index is 0.862. The van der Waals surface area contributed by atoms with E-state index in [1.165, 1.54) is 21.9 Å². The van der Waals surface area contributed by atoms with E-state index in [2.05, 4.69) is 127 Å². The van der Waals surface area contributed by atoms with Crippen molar-refractivity contribution in [1.29, 1.82) is 0 Å². The van der Waals surface area contributed by atoms with Crippen molar-refractivity contribution in [1.82, 2.24) is 9.97 Å². The molecule has 9 rings (SSSR count). The van der Waals surface area contributed by atoms with Crippen LogP contribution in [-0.2, 0) is 0 Å². The van der Waals surface area contributed by atoms with Gasteiger partial charge in [0.2, 0.25) is 0 Å². The highest BCUT2D eigenvalue weighted by atomic mass is 16.3. The Hall–Kier alpha value is -5.54. The van der Waals surface area contributed by atoms with Crippen molar-refractivity contribution >= 4 is 60.1 Å². The molecule has 0 spiro atoms. The van der Waals surface area contributed by atoms with Gasteiger partial charge in [-0.2, -0.15) is 0 Å². The van der Waals surface area contributed by atoms with Gasteiger partial charge in [0.25, 0.3) is 0 Å². The predicted molar refractivity (Wildman–Crippen MR) is 179 cm³/mol. The van der Waals surface area contributed by atoms with Crippen LogP contribution in [0, 0.1) is 0 Å². The molecule has 0 saturated carbocycles. The molecule has 0 bridgehead atoms. The first kappa shape index (κ1) is 24.1. The molecule has 6 aromatic carbocycles. The Bertz CT molecular complexity index is 2410. The second-order valence-corrected chi connectivity index (χ2v) is 11.2. The zero-order valence-corrected chi connectivity index (χ0v) is 23.4. The molecule has 0 saturated heterocycles. The minimum Gasteiger partial charge on any atom is -0.455 e. The van der Waals surface area contributed by atoms with Gasteiger partial charge in [0.1, 0.15) is 11.2 Å². The first-order valence-electron chi connectivity index (χ1n) is 14.8. The maximum atomic E-state index is 6.67. The van der Waals surface area contributed by atoms with Crippen molar-refractivity contribution in [3.05, 3.63) is 139 Å². The number of allylic oxidation sites excluding steroid dienone is 4. The second-order valence-electron chi connectivity index (χ2n) is 11.2. The number of hydrogen-bond donors (Lipinski definition) is 0. The van der Waals surface area contributed by atoms with Crippen LogP contribution in [0.15, 0.2) is 138 Å². The fraction of sp³-hybridized carbons (Fsp3) is 0.0500. The van der Waals surface area contributed by atoms with Crippen molar-refractivity contribution in [2.75, 3.05) is 0 Å². The third-order valence-electron chi connectivity index (χ3n) is 8.80. The Morgan fingerprint density at radius 1 is 0.535 bits per heavy atom. The summed E-state index contributed by atoms with van der Waals surface area (Å²) in [5.74, 6) is 0. The third kappa shape index (κ3) is 3.75. The molecule has 0 fully saturated rings. The molecule has 3 nitrogen and oxygen atoms in total. The van der Waals surface area contributed by atoms with E-state index in [1.807, 2.05) is 6.20 Å². The topological polar surface area (TPSA) is 38.9 Å². The molecule has 2 heterocycles. The number of aromatic nitrogens is 2. The SMILES string of the molecule is C1=CCCC(c2cccc3c2oc2c(-c4ccc(-c5cnc6c7ccccc7c7ccccc7c6n5)cc4)cccc23)=C1. The fourth-order valence-corrected chi connectivity index (χ4v) is 6.71. The van der Waals surface area contributed by atoms with Crippen molar-refractivity contribution in [2.24, 2.45) is 0 Å². The third-order valence-corrected chi connectivity index (χ3v) is 8.80. The van der Waals surface area contributed by atoms with Gasteiger partial charge >= 0.3 is 0 Å². The summed E-state index contributed by atoms with van der Waals surface area (Å²) in [7, 11) is 0. The molecule has 0 unspecified atom stereocenters. The van der Waals surface area contributed by atoms with Gasteiger partial charge in [-0.1, -0.05) is 127 Å². The van der Waals surface area contributed by atoms with E-state index in [0.717, 1.165) is 79.0 Å². The van der Waals surface area contributed by atoms with E-state index in [1.54, 1.807) is 0 Å². The summed E-state index contributed by atoms with van der Waals surface area (Å²) in [6, 6.07) is 38.5. The first-order chi connectivity index (χ1) is 21.3. The lowest BCUT2D eigenvalue weighted by Crippen LogP contribution is -1.92. The number of rotatable bonds is 3.